The Morgan fingerprint density at radius 3 is 2.48 bits per heavy atom. The second-order valence-electron chi connectivity index (χ2n) is 6.07. The number of hydrogen-bond donors (Lipinski definition) is 1. The van der Waals surface area contributed by atoms with Crippen LogP contribution in [0.4, 0.5) is 5.69 Å². The Bertz CT molecular complexity index is 715. The first kappa shape index (κ1) is 18.2. The molecule has 1 aliphatic heterocycles. The molecule has 0 atom stereocenters. The molecule has 0 aromatic heterocycles. The van der Waals surface area contributed by atoms with E-state index in [0.717, 1.165) is 42.2 Å². The molecule has 1 heterocycles. The van der Waals surface area contributed by atoms with Crippen LogP contribution in [0.1, 0.15) is 10.4 Å². The van der Waals surface area contributed by atoms with Gasteiger partial charge in [-0.3, -0.25) is 9.69 Å². The molecule has 3 rings (SSSR count). The summed E-state index contributed by atoms with van der Waals surface area (Å²) >= 11 is 9.34. The Labute approximate surface area is 161 Å². The molecule has 1 fully saturated rings. The number of nitrogens with zero attached hydrogens (tertiary/aromatic N) is 2. The molecule has 1 amide bonds. The van der Waals surface area contributed by atoms with Crippen molar-refractivity contribution < 1.29 is 4.79 Å². The summed E-state index contributed by atoms with van der Waals surface area (Å²) < 4.78 is 0.915. The fraction of sp³-hybridized carbons (Fsp3) is 0.316. The molecule has 0 unspecified atom stereocenters. The molecule has 0 aliphatic carbocycles. The van der Waals surface area contributed by atoms with Crippen LogP contribution in [0, 0.1) is 0 Å². The van der Waals surface area contributed by atoms with Gasteiger partial charge >= 0.3 is 0 Å². The van der Waals surface area contributed by atoms with Gasteiger partial charge in [0.1, 0.15) is 0 Å². The quantitative estimate of drug-likeness (QED) is 0.799. The first-order chi connectivity index (χ1) is 12.1. The molecule has 1 N–H and O–H groups in total. The maximum Gasteiger partial charge on any atom is 0.251 e. The monoisotopic (exact) mass is 421 g/mol. The smallest absolute Gasteiger partial charge is 0.251 e. The van der Waals surface area contributed by atoms with Crippen LogP contribution >= 0.6 is 27.5 Å². The Morgan fingerprint density at radius 1 is 1.08 bits per heavy atom. The van der Waals surface area contributed by atoms with E-state index in [2.05, 4.69) is 43.2 Å². The molecule has 25 heavy (non-hydrogen) atoms. The average molecular weight is 423 g/mol. The molecule has 0 spiro atoms. The van der Waals surface area contributed by atoms with E-state index in [4.69, 9.17) is 11.6 Å². The third-order valence-corrected chi connectivity index (χ3v) is 5.11. The number of halogens is 2. The average Bonchev–Trinajstić information content (AvgIpc) is 2.63. The summed E-state index contributed by atoms with van der Waals surface area (Å²) in [5, 5.41) is 3.76. The molecular weight excluding hydrogens is 402 g/mol. The Kier molecular flexibility index (Phi) is 6.34. The maximum absolute atomic E-state index is 12.1. The number of carbonyl (C=O) groups is 1. The first-order valence-electron chi connectivity index (χ1n) is 8.38. The lowest BCUT2D eigenvalue weighted by atomic mass is 10.2. The molecule has 1 saturated heterocycles. The second kappa shape index (κ2) is 8.70. The van der Waals surface area contributed by atoms with E-state index in [-0.39, 0.29) is 5.91 Å². The summed E-state index contributed by atoms with van der Waals surface area (Å²) in [4.78, 5) is 16.9. The zero-order valence-electron chi connectivity index (χ0n) is 13.9. The molecule has 0 bridgehead atoms. The molecule has 0 radical (unpaired) electrons. The van der Waals surface area contributed by atoms with Gasteiger partial charge in [0.25, 0.3) is 5.91 Å². The number of piperazine rings is 1. The van der Waals surface area contributed by atoms with Gasteiger partial charge in [-0.25, -0.2) is 0 Å². The summed E-state index contributed by atoms with van der Waals surface area (Å²) in [6.45, 7) is 5.49. The highest BCUT2D eigenvalue weighted by Gasteiger charge is 2.17. The summed E-state index contributed by atoms with van der Waals surface area (Å²) in [5.41, 5.74) is 1.90. The summed E-state index contributed by atoms with van der Waals surface area (Å²) in [5.74, 6) is -0.0268. The van der Waals surface area contributed by atoms with E-state index in [1.807, 2.05) is 36.4 Å². The number of anilines is 1. The van der Waals surface area contributed by atoms with Crippen molar-refractivity contribution in [2.24, 2.45) is 0 Å². The van der Waals surface area contributed by atoms with Crippen LogP contribution in [0.2, 0.25) is 5.02 Å². The first-order valence-corrected chi connectivity index (χ1v) is 9.55. The number of rotatable bonds is 5. The van der Waals surface area contributed by atoms with E-state index in [1.165, 1.54) is 5.69 Å². The van der Waals surface area contributed by atoms with Crippen LogP contribution in [-0.4, -0.2) is 50.1 Å². The van der Waals surface area contributed by atoms with E-state index >= 15 is 0 Å². The van der Waals surface area contributed by atoms with Crippen LogP contribution < -0.4 is 10.2 Å². The summed E-state index contributed by atoms with van der Waals surface area (Å²) in [6.07, 6.45) is 0. The number of hydrogen-bond acceptors (Lipinski definition) is 3. The molecular formula is C19H21BrClN3O. The molecule has 6 heteroatoms. The van der Waals surface area contributed by atoms with Crippen LogP contribution in [0.3, 0.4) is 0 Å². The number of nitrogens with one attached hydrogen (secondary N) is 1. The van der Waals surface area contributed by atoms with E-state index < -0.39 is 0 Å². The van der Waals surface area contributed by atoms with Crippen molar-refractivity contribution in [3.8, 4) is 0 Å². The fourth-order valence-electron chi connectivity index (χ4n) is 2.94. The molecule has 2 aromatic rings. The zero-order chi connectivity index (χ0) is 17.6. The van der Waals surface area contributed by atoms with Crippen molar-refractivity contribution in [3.05, 3.63) is 63.6 Å². The van der Waals surface area contributed by atoms with Crippen molar-refractivity contribution >= 4 is 39.1 Å². The number of carbonyl (C=O) groups excluding carboxylic acids is 1. The highest BCUT2D eigenvalue weighted by molar-refractivity contribution is 9.10. The number of benzene rings is 2. The molecule has 132 valence electrons. The lowest BCUT2D eigenvalue weighted by molar-refractivity contribution is 0.0947. The standard InChI is InChI=1S/C19H21BrClN3O/c20-16-3-1-2-15(14-16)19(25)22-8-9-23-10-12-24(13-11-23)18-6-4-17(21)5-7-18/h1-7,14H,8-13H2,(H,22,25). The van der Waals surface area contributed by atoms with Crippen LogP contribution in [0.15, 0.2) is 53.0 Å². The van der Waals surface area contributed by atoms with Crippen molar-refractivity contribution in [2.75, 3.05) is 44.2 Å². The summed E-state index contributed by atoms with van der Waals surface area (Å²) in [6, 6.07) is 15.4. The normalized spacial score (nSPS) is 15.2. The maximum atomic E-state index is 12.1. The molecule has 4 nitrogen and oxygen atoms in total. The Morgan fingerprint density at radius 2 is 1.80 bits per heavy atom. The van der Waals surface area contributed by atoms with Crippen LogP contribution in [-0.2, 0) is 0 Å². The minimum Gasteiger partial charge on any atom is -0.369 e. The van der Waals surface area contributed by atoms with Crippen molar-refractivity contribution in [3.63, 3.8) is 0 Å². The third kappa shape index (κ3) is 5.21. The zero-order valence-corrected chi connectivity index (χ0v) is 16.3. The van der Waals surface area contributed by atoms with Gasteiger partial charge in [0.05, 0.1) is 0 Å². The van der Waals surface area contributed by atoms with Gasteiger partial charge in [-0.2, -0.15) is 0 Å². The molecule has 1 aliphatic rings. The summed E-state index contributed by atoms with van der Waals surface area (Å²) in [7, 11) is 0. The van der Waals surface area contributed by atoms with E-state index in [9.17, 15) is 4.79 Å². The van der Waals surface area contributed by atoms with Gasteiger partial charge in [-0.05, 0) is 42.5 Å². The Balaban J connectivity index is 1.40. The van der Waals surface area contributed by atoms with Crippen molar-refractivity contribution in [1.82, 2.24) is 10.2 Å². The van der Waals surface area contributed by atoms with Gasteiger partial charge in [0.2, 0.25) is 0 Å². The van der Waals surface area contributed by atoms with E-state index in [1.54, 1.807) is 0 Å². The molecule has 0 saturated carbocycles. The third-order valence-electron chi connectivity index (χ3n) is 4.36. The van der Waals surface area contributed by atoms with Gasteiger partial charge in [0.15, 0.2) is 0 Å². The van der Waals surface area contributed by atoms with Crippen LogP contribution in [0.5, 0.6) is 0 Å². The fourth-order valence-corrected chi connectivity index (χ4v) is 3.47. The SMILES string of the molecule is O=C(NCCN1CCN(c2ccc(Cl)cc2)CC1)c1cccc(Br)c1. The lowest BCUT2D eigenvalue weighted by Gasteiger charge is -2.36. The van der Waals surface area contributed by atoms with Gasteiger partial charge in [-0.1, -0.05) is 33.6 Å². The van der Waals surface area contributed by atoms with Gasteiger partial charge in [-0.15, -0.1) is 0 Å². The highest BCUT2D eigenvalue weighted by atomic mass is 79.9. The topological polar surface area (TPSA) is 35.6 Å². The van der Waals surface area contributed by atoms with Crippen LogP contribution in [0.25, 0.3) is 0 Å². The predicted octanol–water partition coefficient (Wildman–Crippen LogP) is 3.65. The lowest BCUT2D eigenvalue weighted by Crippen LogP contribution is -2.48. The minimum atomic E-state index is -0.0268. The molecule has 2 aromatic carbocycles. The van der Waals surface area contributed by atoms with E-state index in [0.29, 0.717) is 12.1 Å². The number of amides is 1. The largest absolute Gasteiger partial charge is 0.369 e. The van der Waals surface area contributed by atoms with Gasteiger partial charge < -0.3 is 10.2 Å². The minimum absolute atomic E-state index is 0.0268. The predicted molar refractivity (Wildman–Crippen MR) is 107 cm³/mol. The highest BCUT2D eigenvalue weighted by Crippen LogP contribution is 2.19. The van der Waals surface area contributed by atoms with Gasteiger partial charge in [0, 0.05) is 60.0 Å². The van der Waals surface area contributed by atoms with Crippen molar-refractivity contribution in [1.29, 1.82) is 0 Å². The van der Waals surface area contributed by atoms with Crippen molar-refractivity contribution in [2.45, 2.75) is 0 Å². The Hall–Kier alpha value is -1.56. The second-order valence-corrected chi connectivity index (χ2v) is 7.42.